The summed E-state index contributed by atoms with van der Waals surface area (Å²) < 4.78 is 6.08. The third kappa shape index (κ3) is 7.81. The number of thioether (sulfide) groups is 2. The number of amides is 3. The topological polar surface area (TPSA) is 105 Å². The summed E-state index contributed by atoms with van der Waals surface area (Å²) in [7, 11) is 0. The Kier molecular flexibility index (Phi) is 9.62. The Morgan fingerprint density at radius 1 is 1.08 bits per heavy atom. The van der Waals surface area contributed by atoms with Crippen LogP contribution < -0.4 is 10.9 Å². The number of nitrogens with zero attached hydrogens (tertiary/aromatic N) is 2. The van der Waals surface area contributed by atoms with E-state index in [2.05, 4.69) is 15.8 Å². The van der Waals surface area contributed by atoms with E-state index in [-0.39, 0.29) is 29.9 Å². The molecule has 8 nitrogen and oxygen atoms in total. The Morgan fingerprint density at radius 3 is 2.62 bits per heavy atom. The maximum Gasteiger partial charge on any atom is 0.266 e. The lowest BCUT2D eigenvalue weighted by Crippen LogP contribution is -2.42. The smallest absolute Gasteiger partial charge is 0.266 e. The number of para-hydroxylation sites is 2. The number of benzene rings is 2. The number of oxazole rings is 1. The number of fused-ring (bicyclic) bond motifs is 1. The maximum absolute atomic E-state index is 12.7. The first-order valence-electron chi connectivity index (χ1n) is 11.5. The van der Waals surface area contributed by atoms with Gasteiger partial charge < -0.3 is 4.42 Å². The molecule has 1 aliphatic heterocycles. The van der Waals surface area contributed by atoms with Gasteiger partial charge in [-0.3, -0.25) is 30.1 Å². The summed E-state index contributed by atoms with van der Waals surface area (Å²) in [6.45, 7) is 0.494. The van der Waals surface area contributed by atoms with Crippen molar-refractivity contribution in [3.63, 3.8) is 0 Å². The number of hydrogen-bond donors (Lipinski definition) is 2. The standard InChI is InChI=1S/C25H23ClN4O4S3/c26-17-11-9-16(10-12-17)14-20-23(33)30(25(35)37-20)13-5-1-2-8-21(31)28-29-22(32)15-36-24-27-18-6-3-4-7-19(18)34-24/h3-4,6-7,9-12,14H,1-2,5,8,13,15H2,(H,28,31)(H,29,32)/b20-14-. The number of hydrogen-bond acceptors (Lipinski definition) is 8. The fourth-order valence-corrected chi connectivity index (χ4v) is 5.49. The van der Waals surface area contributed by atoms with Gasteiger partial charge in [-0.15, -0.1) is 0 Å². The van der Waals surface area contributed by atoms with Crippen LogP contribution in [0.1, 0.15) is 31.2 Å². The molecule has 3 aromatic rings. The number of nitrogens with one attached hydrogen (secondary N) is 2. The Bertz CT molecular complexity index is 1310. The lowest BCUT2D eigenvalue weighted by atomic mass is 10.2. The molecule has 1 aliphatic rings. The van der Waals surface area contributed by atoms with Crippen molar-refractivity contribution in [1.82, 2.24) is 20.7 Å². The summed E-state index contributed by atoms with van der Waals surface area (Å²) in [5.41, 5.74) is 7.08. The van der Waals surface area contributed by atoms with Gasteiger partial charge in [0.2, 0.25) is 11.8 Å². The van der Waals surface area contributed by atoms with Gasteiger partial charge in [-0.1, -0.05) is 78.0 Å². The maximum atomic E-state index is 12.7. The highest BCUT2D eigenvalue weighted by Crippen LogP contribution is 2.33. The van der Waals surface area contributed by atoms with E-state index in [0.29, 0.717) is 44.4 Å². The molecule has 0 saturated carbocycles. The highest BCUT2D eigenvalue weighted by molar-refractivity contribution is 8.26. The first kappa shape index (κ1) is 27.2. The second-order valence-electron chi connectivity index (χ2n) is 8.03. The summed E-state index contributed by atoms with van der Waals surface area (Å²) >= 11 is 13.7. The van der Waals surface area contributed by atoms with E-state index in [1.807, 2.05) is 30.3 Å². The molecule has 37 heavy (non-hydrogen) atoms. The van der Waals surface area contributed by atoms with E-state index in [1.165, 1.54) is 11.8 Å². The fourth-order valence-electron chi connectivity index (χ4n) is 3.41. The molecule has 12 heteroatoms. The molecular formula is C25H23ClN4O4S3. The van der Waals surface area contributed by atoms with Crippen LogP contribution in [0.15, 0.2) is 63.1 Å². The second-order valence-corrected chi connectivity index (χ2v) is 11.1. The van der Waals surface area contributed by atoms with E-state index >= 15 is 0 Å². The van der Waals surface area contributed by atoms with Gasteiger partial charge in [0, 0.05) is 18.0 Å². The number of hydrazine groups is 1. The van der Waals surface area contributed by atoms with Crippen LogP contribution in [0, 0.1) is 0 Å². The number of carbonyl (C=O) groups is 3. The third-order valence-electron chi connectivity index (χ3n) is 5.27. The molecule has 192 valence electrons. The normalized spacial score (nSPS) is 14.5. The van der Waals surface area contributed by atoms with Gasteiger partial charge in [-0.2, -0.15) is 0 Å². The number of thiocarbonyl (C=S) groups is 1. The van der Waals surface area contributed by atoms with Crippen molar-refractivity contribution in [1.29, 1.82) is 0 Å². The number of aromatic nitrogens is 1. The second kappa shape index (κ2) is 13.1. The van der Waals surface area contributed by atoms with E-state index in [1.54, 1.807) is 29.2 Å². The lowest BCUT2D eigenvalue weighted by Gasteiger charge is -2.14. The predicted molar refractivity (Wildman–Crippen MR) is 151 cm³/mol. The van der Waals surface area contributed by atoms with Crippen LogP contribution in [0.2, 0.25) is 5.02 Å². The zero-order chi connectivity index (χ0) is 26.2. The van der Waals surface area contributed by atoms with E-state index < -0.39 is 0 Å². The van der Waals surface area contributed by atoms with Crippen molar-refractivity contribution < 1.29 is 18.8 Å². The van der Waals surface area contributed by atoms with Crippen LogP contribution in [0.5, 0.6) is 0 Å². The molecular weight excluding hydrogens is 552 g/mol. The van der Waals surface area contributed by atoms with Gasteiger partial charge >= 0.3 is 0 Å². The van der Waals surface area contributed by atoms with Crippen LogP contribution in [-0.2, 0) is 14.4 Å². The summed E-state index contributed by atoms with van der Waals surface area (Å²) in [5.74, 6) is -0.692. The monoisotopic (exact) mass is 574 g/mol. The van der Waals surface area contributed by atoms with Gasteiger partial charge in [0.05, 0.1) is 10.7 Å². The van der Waals surface area contributed by atoms with E-state index in [9.17, 15) is 14.4 Å². The van der Waals surface area contributed by atoms with Crippen molar-refractivity contribution in [2.24, 2.45) is 0 Å². The molecule has 2 N–H and O–H groups in total. The quantitative estimate of drug-likeness (QED) is 0.112. The summed E-state index contributed by atoms with van der Waals surface area (Å²) in [4.78, 5) is 43.2. The van der Waals surface area contributed by atoms with Gasteiger partial charge in [0.15, 0.2) is 5.58 Å². The number of halogens is 1. The first-order valence-corrected chi connectivity index (χ1v) is 14.0. The summed E-state index contributed by atoms with van der Waals surface area (Å²) in [6.07, 6.45) is 4.13. The molecule has 0 unspecified atom stereocenters. The predicted octanol–water partition coefficient (Wildman–Crippen LogP) is 5.18. The molecule has 1 aromatic heterocycles. The number of rotatable bonds is 10. The van der Waals surface area contributed by atoms with Gasteiger partial charge in [0.1, 0.15) is 9.84 Å². The molecule has 2 aromatic carbocycles. The molecule has 2 heterocycles. The summed E-state index contributed by atoms with van der Waals surface area (Å²) in [5, 5.41) is 1.03. The Hall–Kier alpha value is -2.86. The van der Waals surface area contributed by atoms with Crippen LogP contribution in [0.4, 0.5) is 0 Å². The molecule has 0 aliphatic carbocycles. The molecule has 4 rings (SSSR count). The van der Waals surface area contributed by atoms with Crippen LogP contribution in [0.3, 0.4) is 0 Å². The minimum absolute atomic E-state index is 0.0589. The number of unbranched alkanes of at least 4 members (excludes halogenated alkanes) is 2. The minimum Gasteiger partial charge on any atom is -0.431 e. The molecule has 0 bridgehead atoms. The zero-order valence-electron chi connectivity index (χ0n) is 19.6. The minimum atomic E-state index is -0.360. The van der Waals surface area contributed by atoms with Crippen molar-refractivity contribution in [3.05, 3.63) is 64.0 Å². The van der Waals surface area contributed by atoms with Gasteiger partial charge in [-0.05, 0) is 48.7 Å². The van der Waals surface area contributed by atoms with Crippen molar-refractivity contribution in [2.45, 2.75) is 30.9 Å². The molecule has 0 spiro atoms. The fraction of sp³-hybridized carbons (Fsp3) is 0.240. The molecule has 1 saturated heterocycles. The van der Waals surface area contributed by atoms with Gasteiger partial charge in [-0.25, -0.2) is 4.98 Å². The largest absolute Gasteiger partial charge is 0.431 e. The van der Waals surface area contributed by atoms with E-state index in [0.717, 1.165) is 29.3 Å². The lowest BCUT2D eigenvalue weighted by molar-refractivity contribution is -0.127. The first-order chi connectivity index (χ1) is 17.9. The van der Waals surface area contributed by atoms with Crippen LogP contribution in [0.25, 0.3) is 17.2 Å². The SMILES string of the molecule is O=C(CCCCCN1C(=O)/C(=C/c2ccc(Cl)cc2)SC1=S)NNC(=O)CSc1nc2ccccc2o1. The zero-order valence-corrected chi connectivity index (χ0v) is 22.8. The Morgan fingerprint density at radius 2 is 1.84 bits per heavy atom. The van der Waals surface area contributed by atoms with Gasteiger partial charge in [0.25, 0.3) is 11.1 Å². The highest BCUT2D eigenvalue weighted by atomic mass is 35.5. The van der Waals surface area contributed by atoms with E-state index in [4.69, 9.17) is 28.2 Å². The number of carbonyl (C=O) groups excluding carboxylic acids is 3. The van der Waals surface area contributed by atoms with Crippen LogP contribution >= 0.6 is 47.3 Å². The highest BCUT2D eigenvalue weighted by Gasteiger charge is 2.31. The molecule has 0 atom stereocenters. The van der Waals surface area contributed by atoms with Crippen molar-refractivity contribution >= 4 is 86.6 Å². The third-order valence-corrected chi connectivity index (χ3v) is 7.73. The average molecular weight is 575 g/mol. The average Bonchev–Trinajstić information content (AvgIpc) is 3.42. The van der Waals surface area contributed by atoms with Crippen molar-refractivity contribution in [2.75, 3.05) is 12.3 Å². The molecule has 1 fully saturated rings. The Labute approximate surface area is 232 Å². The Balaban J connectivity index is 1.10. The molecule has 0 radical (unpaired) electrons. The van der Waals surface area contributed by atoms with Crippen LogP contribution in [-0.4, -0.2) is 44.2 Å². The van der Waals surface area contributed by atoms with Crippen molar-refractivity contribution in [3.8, 4) is 0 Å². The summed E-state index contributed by atoms with van der Waals surface area (Å²) in [6, 6.07) is 14.6. The molecule has 3 amide bonds.